The number of ketones is 1. The van der Waals surface area contributed by atoms with Crippen molar-refractivity contribution in [1.82, 2.24) is 0 Å². The van der Waals surface area contributed by atoms with Crippen LogP contribution in [0.3, 0.4) is 0 Å². The molecule has 4 saturated carbocycles. The molecule has 180 valence electrons. The first-order valence-electron chi connectivity index (χ1n) is 13.9. The zero-order valence-corrected chi connectivity index (χ0v) is 21.8. The molecule has 0 aliphatic heterocycles. The van der Waals surface area contributed by atoms with Crippen LogP contribution in [0.25, 0.3) is 0 Å². The number of Topliss-reactive ketones (excluding diaryl/α,β-unsaturated/α-hetero) is 1. The second-order valence-electron chi connectivity index (χ2n) is 12.6. The quantitative estimate of drug-likeness (QED) is 0.484. The van der Waals surface area contributed by atoms with Crippen LogP contribution in [0.2, 0.25) is 0 Å². The minimum Gasteiger partial charge on any atom is -0.393 e. The highest BCUT2D eigenvalue weighted by atomic mass is 16.3. The smallest absolute Gasteiger partial charge is 0.136 e. The lowest BCUT2D eigenvalue weighted by Gasteiger charge is -2.60. The van der Waals surface area contributed by atoms with E-state index in [9.17, 15) is 9.90 Å². The van der Waals surface area contributed by atoms with Gasteiger partial charge in [0.15, 0.2) is 0 Å². The lowest BCUT2D eigenvalue weighted by atomic mass is 9.44. The van der Waals surface area contributed by atoms with Gasteiger partial charge in [0.05, 0.1) is 6.10 Å². The Kier molecular flexibility index (Phi) is 8.03. The second-order valence-corrected chi connectivity index (χ2v) is 12.6. The van der Waals surface area contributed by atoms with Crippen molar-refractivity contribution in [3.05, 3.63) is 0 Å². The Morgan fingerprint density at radius 2 is 1.58 bits per heavy atom. The molecule has 4 aliphatic rings. The number of rotatable bonds is 5. The first-order valence-corrected chi connectivity index (χ1v) is 13.9. The molecule has 0 aromatic rings. The van der Waals surface area contributed by atoms with Crippen molar-refractivity contribution in [2.24, 2.45) is 52.3 Å². The van der Waals surface area contributed by atoms with Crippen molar-refractivity contribution < 1.29 is 9.90 Å². The van der Waals surface area contributed by atoms with E-state index in [0.29, 0.717) is 40.3 Å². The SMILES string of the molecule is CC.CC(C)CCCC(C)C1CCC2C3C(=O)CC4C[C@@H](O)CC[C@]4(C)C3CC[C@]12C. The summed E-state index contributed by atoms with van der Waals surface area (Å²) in [5.74, 6) is 4.93. The molecule has 0 aromatic heterocycles. The minimum atomic E-state index is -0.172. The fourth-order valence-electron chi connectivity index (χ4n) is 8.93. The van der Waals surface area contributed by atoms with Gasteiger partial charge in [0.2, 0.25) is 0 Å². The van der Waals surface area contributed by atoms with E-state index >= 15 is 0 Å². The number of aliphatic hydroxyl groups excluding tert-OH is 1. The molecule has 2 nitrogen and oxygen atoms in total. The molecule has 0 aromatic carbocycles. The fourth-order valence-corrected chi connectivity index (χ4v) is 8.93. The van der Waals surface area contributed by atoms with Gasteiger partial charge in [0.1, 0.15) is 5.78 Å². The van der Waals surface area contributed by atoms with Crippen LogP contribution in [0.15, 0.2) is 0 Å². The number of fused-ring (bicyclic) bond motifs is 5. The lowest BCUT2D eigenvalue weighted by Crippen LogP contribution is -2.57. The topological polar surface area (TPSA) is 37.3 Å². The Labute approximate surface area is 193 Å². The second kappa shape index (κ2) is 9.86. The molecule has 4 rings (SSSR count). The molecule has 0 amide bonds. The zero-order valence-electron chi connectivity index (χ0n) is 21.8. The number of carbonyl (C=O) groups is 1. The lowest BCUT2D eigenvalue weighted by molar-refractivity contribution is -0.160. The molecule has 9 atom stereocenters. The van der Waals surface area contributed by atoms with Crippen molar-refractivity contribution in [3.63, 3.8) is 0 Å². The van der Waals surface area contributed by atoms with E-state index in [0.717, 1.165) is 43.4 Å². The van der Waals surface area contributed by atoms with Crippen LogP contribution >= 0.6 is 0 Å². The maximum Gasteiger partial charge on any atom is 0.136 e. The summed E-state index contributed by atoms with van der Waals surface area (Å²) in [7, 11) is 0. The summed E-state index contributed by atoms with van der Waals surface area (Å²) in [6.07, 6.45) is 12.8. The van der Waals surface area contributed by atoms with Crippen LogP contribution in [0.5, 0.6) is 0 Å². The van der Waals surface area contributed by atoms with E-state index in [-0.39, 0.29) is 6.10 Å². The minimum absolute atomic E-state index is 0.172. The number of aliphatic hydroxyl groups is 1. The largest absolute Gasteiger partial charge is 0.393 e. The van der Waals surface area contributed by atoms with Crippen molar-refractivity contribution in [2.75, 3.05) is 0 Å². The molecule has 31 heavy (non-hydrogen) atoms. The summed E-state index contributed by atoms with van der Waals surface area (Å²) >= 11 is 0. The third-order valence-corrected chi connectivity index (χ3v) is 10.6. The van der Waals surface area contributed by atoms with Gasteiger partial charge in [-0.15, -0.1) is 0 Å². The van der Waals surface area contributed by atoms with E-state index in [1.165, 1.54) is 44.9 Å². The normalized spacial score (nSPS) is 45.3. The summed E-state index contributed by atoms with van der Waals surface area (Å²) in [5, 5.41) is 10.2. The molecule has 1 N–H and O–H groups in total. The summed E-state index contributed by atoms with van der Waals surface area (Å²) in [5.41, 5.74) is 0.672. The van der Waals surface area contributed by atoms with Crippen molar-refractivity contribution in [2.45, 2.75) is 125 Å². The van der Waals surface area contributed by atoms with Crippen molar-refractivity contribution in [3.8, 4) is 0 Å². The molecule has 2 heteroatoms. The van der Waals surface area contributed by atoms with E-state index in [2.05, 4.69) is 34.6 Å². The standard InChI is InChI=1S/C27H46O2.C2H6/c1-17(2)7-6-8-18(3)21-9-10-22-25-23(12-14-27(21,22)5)26(4)13-11-20(28)15-19(26)16-24(25)29;1-2/h17-23,25,28H,6-16H2,1-5H3;1-2H3/t18?,19?,20-,21?,22?,23?,25?,26-,27+;/m0./s1. The molecular formula is C29H52O2. The molecule has 4 fully saturated rings. The van der Waals surface area contributed by atoms with Crippen LogP contribution in [0.4, 0.5) is 0 Å². The van der Waals surface area contributed by atoms with Gasteiger partial charge in [-0.1, -0.05) is 67.7 Å². The maximum atomic E-state index is 13.5. The first-order chi connectivity index (χ1) is 14.7. The van der Waals surface area contributed by atoms with Crippen LogP contribution in [0, 0.1) is 52.3 Å². The van der Waals surface area contributed by atoms with Crippen molar-refractivity contribution >= 4 is 5.78 Å². The van der Waals surface area contributed by atoms with Gasteiger partial charge in [-0.3, -0.25) is 4.79 Å². The molecule has 0 saturated heterocycles. The molecule has 0 bridgehead atoms. The van der Waals surface area contributed by atoms with Crippen LogP contribution in [-0.4, -0.2) is 17.0 Å². The van der Waals surface area contributed by atoms with Crippen LogP contribution < -0.4 is 0 Å². The average molecular weight is 433 g/mol. The summed E-state index contributed by atoms with van der Waals surface area (Å²) in [6, 6.07) is 0. The predicted molar refractivity (Wildman–Crippen MR) is 131 cm³/mol. The Balaban J connectivity index is 0.00000132. The number of hydrogen-bond donors (Lipinski definition) is 1. The van der Waals surface area contributed by atoms with Gasteiger partial charge in [-0.25, -0.2) is 0 Å². The molecule has 4 aliphatic carbocycles. The molecule has 0 spiro atoms. The highest BCUT2D eigenvalue weighted by Crippen LogP contribution is 2.67. The van der Waals surface area contributed by atoms with E-state index in [4.69, 9.17) is 0 Å². The monoisotopic (exact) mass is 432 g/mol. The number of hydrogen-bond acceptors (Lipinski definition) is 2. The van der Waals surface area contributed by atoms with Gasteiger partial charge in [-0.2, -0.15) is 0 Å². The van der Waals surface area contributed by atoms with Gasteiger partial charge in [0, 0.05) is 12.3 Å². The average Bonchev–Trinajstić information content (AvgIpc) is 3.08. The van der Waals surface area contributed by atoms with Crippen LogP contribution in [0.1, 0.15) is 119 Å². The zero-order chi connectivity index (χ0) is 23.0. The fraction of sp³-hybridized carbons (Fsp3) is 0.966. The highest BCUT2D eigenvalue weighted by molar-refractivity contribution is 5.83. The van der Waals surface area contributed by atoms with E-state index in [1.807, 2.05) is 13.8 Å². The summed E-state index contributed by atoms with van der Waals surface area (Å²) in [4.78, 5) is 13.5. The van der Waals surface area contributed by atoms with Gasteiger partial charge in [-0.05, 0) is 91.3 Å². The Morgan fingerprint density at radius 1 is 0.935 bits per heavy atom. The van der Waals surface area contributed by atoms with Crippen molar-refractivity contribution in [1.29, 1.82) is 0 Å². The summed E-state index contributed by atoms with van der Waals surface area (Å²) < 4.78 is 0. The van der Waals surface area contributed by atoms with Gasteiger partial charge < -0.3 is 5.11 Å². The number of carbonyl (C=O) groups excluding carboxylic acids is 1. The van der Waals surface area contributed by atoms with Gasteiger partial charge >= 0.3 is 0 Å². The molecule has 0 radical (unpaired) electrons. The third kappa shape index (κ3) is 4.53. The van der Waals surface area contributed by atoms with E-state index < -0.39 is 0 Å². The van der Waals surface area contributed by atoms with Crippen LogP contribution in [-0.2, 0) is 4.79 Å². The Hall–Kier alpha value is -0.370. The highest BCUT2D eigenvalue weighted by Gasteiger charge is 2.62. The third-order valence-electron chi connectivity index (χ3n) is 10.6. The Bertz CT molecular complexity index is 612. The molecule has 0 heterocycles. The molecule has 6 unspecified atom stereocenters. The Morgan fingerprint density at radius 3 is 2.26 bits per heavy atom. The predicted octanol–water partition coefficient (Wildman–Crippen LogP) is 7.67. The maximum absolute atomic E-state index is 13.5. The summed E-state index contributed by atoms with van der Waals surface area (Å²) in [6.45, 7) is 16.2. The first kappa shape index (κ1) is 25.3. The van der Waals surface area contributed by atoms with E-state index in [1.54, 1.807) is 0 Å². The molecular weight excluding hydrogens is 380 g/mol. The van der Waals surface area contributed by atoms with Gasteiger partial charge in [0.25, 0.3) is 0 Å².